The van der Waals surface area contributed by atoms with Gasteiger partial charge in [0.15, 0.2) is 5.13 Å². The maximum absolute atomic E-state index is 13.4. The largest absolute Gasteiger partial charge is 0.462 e. The van der Waals surface area contributed by atoms with Crippen LogP contribution in [0.1, 0.15) is 34.6 Å². The van der Waals surface area contributed by atoms with Gasteiger partial charge in [0.05, 0.1) is 22.4 Å². The molecule has 27 heavy (non-hydrogen) atoms. The molecule has 1 N–H and O–H groups in total. The number of carbonyl (C=O) groups excluding carboxylic acids is 1. The molecule has 0 fully saturated rings. The van der Waals surface area contributed by atoms with E-state index in [0.717, 1.165) is 46.8 Å². The number of esters is 1. The lowest BCUT2D eigenvalue weighted by atomic mass is 10.0. The highest BCUT2D eigenvalue weighted by atomic mass is 32.1. The molecule has 0 saturated heterocycles. The summed E-state index contributed by atoms with van der Waals surface area (Å²) >= 11 is 2.96. The minimum atomic E-state index is -0.297. The van der Waals surface area contributed by atoms with Gasteiger partial charge >= 0.3 is 5.97 Å². The molecule has 1 aromatic carbocycles. The number of aromatic nitrogens is 1. The zero-order valence-electron chi connectivity index (χ0n) is 15.2. The van der Waals surface area contributed by atoms with Crippen LogP contribution in [-0.2, 0) is 17.7 Å². The number of anilines is 2. The van der Waals surface area contributed by atoms with Gasteiger partial charge in [0.1, 0.15) is 10.8 Å². The topological polar surface area (TPSA) is 54.5 Å². The Hall–Kier alpha value is -2.03. The lowest BCUT2D eigenvalue weighted by molar-refractivity contribution is 0.0526. The Morgan fingerprint density at radius 1 is 1.37 bits per heavy atom. The van der Waals surface area contributed by atoms with E-state index in [1.165, 1.54) is 28.3 Å². The van der Waals surface area contributed by atoms with Crippen molar-refractivity contribution in [3.63, 3.8) is 0 Å². The van der Waals surface area contributed by atoms with Gasteiger partial charge in [-0.2, -0.15) is 0 Å². The third-order valence-electron chi connectivity index (χ3n) is 4.63. The Bertz CT molecular complexity index is 998. The van der Waals surface area contributed by atoms with Gasteiger partial charge in [0.2, 0.25) is 0 Å². The standard InChI is InChI=1S/C19H20FN3O2S2/c1-3-23-8-7-12-15(10-23)26-17(16(12)18(24)25-4-2)22-19-21-13-6-5-11(20)9-14(13)27-19/h5-6,9H,3-4,7-8,10H2,1-2H3,(H,21,22). The second-order valence-electron chi connectivity index (χ2n) is 6.30. The number of fused-ring (bicyclic) bond motifs is 2. The van der Waals surface area contributed by atoms with Crippen LogP contribution in [0.2, 0.25) is 0 Å². The summed E-state index contributed by atoms with van der Waals surface area (Å²) in [4.78, 5) is 20.7. The van der Waals surface area contributed by atoms with Gasteiger partial charge in [-0.05, 0) is 43.7 Å². The first-order valence-electron chi connectivity index (χ1n) is 8.96. The van der Waals surface area contributed by atoms with Crippen molar-refractivity contribution in [1.29, 1.82) is 0 Å². The summed E-state index contributed by atoms with van der Waals surface area (Å²) in [6.45, 7) is 7.06. The van der Waals surface area contributed by atoms with Crippen molar-refractivity contribution >= 4 is 49.0 Å². The SMILES string of the molecule is CCOC(=O)c1c(Nc2nc3ccc(F)cc3s2)sc2c1CCN(CC)C2. The smallest absolute Gasteiger partial charge is 0.341 e. The van der Waals surface area contributed by atoms with Gasteiger partial charge in [0, 0.05) is 18.0 Å². The molecule has 5 nitrogen and oxygen atoms in total. The number of likely N-dealkylation sites (N-methyl/N-ethyl adjacent to an activating group) is 1. The number of thiophene rings is 1. The number of benzene rings is 1. The van der Waals surface area contributed by atoms with E-state index in [9.17, 15) is 9.18 Å². The normalized spacial score (nSPS) is 14.3. The van der Waals surface area contributed by atoms with E-state index in [1.807, 2.05) is 6.92 Å². The monoisotopic (exact) mass is 405 g/mol. The van der Waals surface area contributed by atoms with Crippen LogP contribution in [0.3, 0.4) is 0 Å². The zero-order chi connectivity index (χ0) is 19.0. The minimum Gasteiger partial charge on any atom is -0.462 e. The number of halogens is 1. The van der Waals surface area contributed by atoms with Gasteiger partial charge in [0.25, 0.3) is 0 Å². The lowest BCUT2D eigenvalue weighted by Crippen LogP contribution is -2.30. The number of hydrogen-bond donors (Lipinski definition) is 1. The van der Waals surface area contributed by atoms with Crippen molar-refractivity contribution in [3.8, 4) is 0 Å². The van der Waals surface area contributed by atoms with Crippen molar-refractivity contribution in [2.75, 3.05) is 25.0 Å². The molecular formula is C19H20FN3O2S2. The van der Waals surface area contributed by atoms with E-state index in [-0.39, 0.29) is 11.8 Å². The third-order valence-corrected chi connectivity index (χ3v) is 6.70. The van der Waals surface area contributed by atoms with E-state index in [4.69, 9.17) is 4.74 Å². The fraction of sp³-hybridized carbons (Fsp3) is 0.368. The maximum atomic E-state index is 13.4. The fourth-order valence-electron chi connectivity index (χ4n) is 3.28. The summed E-state index contributed by atoms with van der Waals surface area (Å²) in [5.74, 6) is -0.578. The van der Waals surface area contributed by atoms with Gasteiger partial charge in [-0.25, -0.2) is 14.2 Å². The van der Waals surface area contributed by atoms with Crippen LogP contribution in [0.5, 0.6) is 0 Å². The minimum absolute atomic E-state index is 0.281. The predicted octanol–water partition coefficient (Wildman–Crippen LogP) is 4.80. The highest BCUT2D eigenvalue weighted by Crippen LogP contribution is 2.40. The molecule has 0 atom stereocenters. The molecule has 1 aliphatic rings. The molecule has 0 unspecified atom stereocenters. The van der Waals surface area contributed by atoms with Crippen LogP contribution < -0.4 is 5.32 Å². The quantitative estimate of drug-likeness (QED) is 0.618. The summed E-state index contributed by atoms with van der Waals surface area (Å²) in [5, 5.41) is 4.70. The number of ether oxygens (including phenoxy) is 1. The van der Waals surface area contributed by atoms with Crippen LogP contribution in [0.15, 0.2) is 18.2 Å². The predicted molar refractivity (Wildman–Crippen MR) is 108 cm³/mol. The summed E-state index contributed by atoms with van der Waals surface area (Å²) < 4.78 is 19.5. The average Bonchev–Trinajstić information content (AvgIpc) is 3.20. The van der Waals surface area contributed by atoms with Gasteiger partial charge < -0.3 is 10.1 Å². The van der Waals surface area contributed by atoms with E-state index in [0.29, 0.717) is 17.3 Å². The Labute approximate surface area is 164 Å². The van der Waals surface area contributed by atoms with Gasteiger partial charge in [-0.3, -0.25) is 4.90 Å². The van der Waals surface area contributed by atoms with E-state index in [2.05, 4.69) is 22.1 Å². The second-order valence-corrected chi connectivity index (χ2v) is 8.44. The summed E-state index contributed by atoms with van der Waals surface area (Å²) in [6.07, 6.45) is 0.834. The number of thiazole rings is 1. The summed E-state index contributed by atoms with van der Waals surface area (Å²) in [6, 6.07) is 4.54. The van der Waals surface area contributed by atoms with Crippen LogP contribution in [0, 0.1) is 5.82 Å². The number of hydrogen-bond acceptors (Lipinski definition) is 7. The molecule has 0 radical (unpaired) electrons. The molecule has 8 heteroatoms. The molecule has 0 saturated carbocycles. The summed E-state index contributed by atoms with van der Waals surface area (Å²) in [5.41, 5.74) is 2.44. The first kappa shape index (κ1) is 18.3. The molecular weight excluding hydrogens is 385 g/mol. The van der Waals surface area contributed by atoms with Crippen molar-refractivity contribution in [3.05, 3.63) is 40.0 Å². The number of rotatable bonds is 5. The number of nitrogens with one attached hydrogen (secondary N) is 1. The Kier molecular flexibility index (Phi) is 5.12. The van der Waals surface area contributed by atoms with E-state index >= 15 is 0 Å². The number of carbonyl (C=O) groups is 1. The molecule has 3 aromatic rings. The molecule has 1 aliphatic heterocycles. The van der Waals surface area contributed by atoms with Crippen LogP contribution in [0.4, 0.5) is 14.5 Å². The fourth-order valence-corrected chi connectivity index (χ4v) is 5.52. The van der Waals surface area contributed by atoms with Crippen LogP contribution in [-0.4, -0.2) is 35.5 Å². The molecule has 3 heterocycles. The zero-order valence-corrected chi connectivity index (χ0v) is 16.8. The van der Waals surface area contributed by atoms with Crippen molar-refractivity contribution in [2.24, 2.45) is 0 Å². The van der Waals surface area contributed by atoms with Gasteiger partial charge in [-0.15, -0.1) is 11.3 Å². The lowest BCUT2D eigenvalue weighted by Gasteiger charge is -2.25. The molecule has 0 amide bonds. The average molecular weight is 406 g/mol. The first-order chi connectivity index (χ1) is 13.1. The maximum Gasteiger partial charge on any atom is 0.341 e. The molecule has 4 rings (SSSR count). The Morgan fingerprint density at radius 3 is 3.00 bits per heavy atom. The number of nitrogens with zero attached hydrogens (tertiary/aromatic N) is 2. The Balaban J connectivity index is 1.72. The van der Waals surface area contributed by atoms with E-state index in [1.54, 1.807) is 17.4 Å². The third kappa shape index (κ3) is 3.56. The summed E-state index contributed by atoms with van der Waals surface area (Å²) in [7, 11) is 0. The van der Waals surface area contributed by atoms with Crippen molar-refractivity contribution < 1.29 is 13.9 Å². The highest BCUT2D eigenvalue weighted by molar-refractivity contribution is 7.23. The Morgan fingerprint density at radius 2 is 2.22 bits per heavy atom. The molecule has 0 spiro atoms. The highest BCUT2D eigenvalue weighted by Gasteiger charge is 2.28. The molecule has 0 bridgehead atoms. The second kappa shape index (κ2) is 7.53. The molecule has 0 aliphatic carbocycles. The van der Waals surface area contributed by atoms with Crippen LogP contribution >= 0.6 is 22.7 Å². The molecule has 2 aromatic heterocycles. The first-order valence-corrected chi connectivity index (χ1v) is 10.6. The van der Waals surface area contributed by atoms with Crippen molar-refractivity contribution in [2.45, 2.75) is 26.8 Å². The molecule has 142 valence electrons. The van der Waals surface area contributed by atoms with Crippen molar-refractivity contribution in [1.82, 2.24) is 9.88 Å². The van der Waals surface area contributed by atoms with E-state index < -0.39 is 0 Å². The van der Waals surface area contributed by atoms with Gasteiger partial charge in [-0.1, -0.05) is 18.3 Å². The van der Waals surface area contributed by atoms with Crippen LogP contribution in [0.25, 0.3) is 10.2 Å².